The van der Waals surface area contributed by atoms with Crippen molar-refractivity contribution in [2.24, 2.45) is 0 Å². The lowest BCUT2D eigenvalue weighted by Gasteiger charge is -2.31. The highest BCUT2D eigenvalue weighted by molar-refractivity contribution is 5.81. The number of ether oxygens (including phenoxy) is 1. The number of morpholine rings is 1. The SMILES string of the molecule is C[C@@H](NC[C@H]1CN(C)CCO1)C(=O)N1CCCCCC1. The van der Waals surface area contributed by atoms with E-state index in [9.17, 15) is 4.79 Å². The van der Waals surface area contributed by atoms with Gasteiger partial charge in [0.15, 0.2) is 0 Å². The van der Waals surface area contributed by atoms with Crippen molar-refractivity contribution in [3.8, 4) is 0 Å². The molecule has 20 heavy (non-hydrogen) atoms. The molecule has 0 saturated carbocycles. The van der Waals surface area contributed by atoms with Gasteiger partial charge in [0.25, 0.3) is 0 Å². The van der Waals surface area contributed by atoms with Crippen LogP contribution in [-0.4, -0.2) is 74.2 Å². The fourth-order valence-corrected chi connectivity index (χ4v) is 2.95. The van der Waals surface area contributed by atoms with E-state index in [0.29, 0.717) is 0 Å². The quantitative estimate of drug-likeness (QED) is 0.825. The molecule has 0 aromatic rings. The highest BCUT2D eigenvalue weighted by atomic mass is 16.5. The zero-order valence-electron chi connectivity index (χ0n) is 12.9. The third kappa shape index (κ3) is 4.72. The summed E-state index contributed by atoms with van der Waals surface area (Å²) in [7, 11) is 2.11. The van der Waals surface area contributed by atoms with Crippen LogP contribution in [-0.2, 0) is 9.53 Å². The largest absolute Gasteiger partial charge is 0.374 e. The van der Waals surface area contributed by atoms with Crippen LogP contribution in [0.1, 0.15) is 32.6 Å². The lowest BCUT2D eigenvalue weighted by molar-refractivity contribution is -0.133. The molecule has 1 N–H and O–H groups in total. The molecule has 116 valence electrons. The van der Waals surface area contributed by atoms with E-state index in [1.165, 1.54) is 12.8 Å². The summed E-state index contributed by atoms with van der Waals surface area (Å²) in [6, 6.07) is -0.107. The van der Waals surface area contributed by atoms with E-state index in [4.69, 9.17) is 4.74 Å². The molecule has 2 heterocycles. The van der Waals surface area contributed by atoms with Crippen LogP contribution in [0.5, 0.6) is 0 Å². The molecule has 2 aliphatic rings. The molecular formula is C15H29N3O2. The molecular weight excluding hydrogens is 254 g/mol. The van der Waals surface area contributed by atoms with E-state index in [1.807, 2.05) is 11.8 Å². The van der Waals surface area contributed by atoms with Crippen LogP contribution in [0.25, 0.3) is 0 Å². The maximum Gasteiger partial charge on any atom is 0.239 e. The molecule has 0 radical (unpaired) electrons. The van der Waals surface area contributed by atoms with E-state index in [0.717, 1.165) is 52.2 Å². The third-order valence-electron chi connectivity index (χ3n) is 4.28. The van der Waals surface area contributed by atoms with Crippen molar-refractivity contribution in [1.29, 1.82) is 0 Å². The lowest BCUT2D eigenvalue weighted by Crippen LogP contribution is -2.50. The lowest BCUT2D eigenvalue weighted by atomic mass is 10.2. The summed E-state index contributed by atoms with van der Waals surface area (Å²) in [4.78, 5) is 16.7. The van der Waals surface area contributed by atoms with Gasteiger partial charge in [-0.3, -0.25) is 4.79 Å². The van der Waals surface area contributed by atoms with Gasteiger partial charge < -0.3 is 19.9 Å². The number of carbonyl (C=O) groups is 1. The van der Waals surface area contributed by atoms with Crippen LogP contribution in [0, 0.1) is 0 Å². The number of nitrogens with one attached hydrogen (secondary N) is 1. The van der Waals surface area contributed by atoms with Crippen LogP contribution >= 0.6 is 0 Å². The summed E-state index contributed by atoms with van der Waals surface area (Å²) < 4.78 is 5.71. The van der Waals surface area contributed by atoms with Gasteiger partial charge in [0.2, 0.25) is 5.91 Å². The van der Waals surface area contributed by atoms with E-state index in [2.05, 4.69) is 17.3 Å². The number of likely N-dealkylation sites (tertiary alicyclic amines) is 1. The van der Waals surface area contributed by atoms with Crippen molar-refractivity contribution >= 4 is 5.91 Å². The van der Waals surface area contributed by atoms with Gasteiger partial charge in [-0.25, -0.2) is 0 Å². The van der Waals surface area contributed by atoms with Crippen molar-refractivity contribution in [1.82, 2.24) is 15.1 Å². The number of likely N-dealkylation sites (N-methyl/N-ethyl adjacent to an activating group) is 1. The minimum atomic E-state index is -0.107. The van der Waals surface area contributed by atoms with Gasteiger partial charge in [-0.05, 0) is 26.8 Å². The van der Waals surface area contributed by atoms with Crippen LogP contribution in [0.4, 0.5) is 0 Å². The second kappa shape index (κ2) is 7.96. The molecule has 0 unspecified atom stereocenters. The van der Waals surface area contributed by atoms with Gasteiger partial charge in [-0.2, -0.15) is 0 Å². The van der Waals surface area contributed by atoms with Crippen molar-refractivity contribution in [2.75, 3.05) is 46.4 Å². The Kier molecular flexibility index (Phi) is 6.26. The molecule has 2 aliphatic heterocycles. The molecule has 5 nitrogen and oxygen atoms in total. The molecule has 0 spiro atoms. The molecule has 0 aromatic heterocycles. The molecule has 0 aliphatic carbocycles. The van der Waals surface area contributed by atoms with Crippen molar-refractivity contribution in [2.45, 2.75) is 44.8 Å². The molecule has 0 aromatic carbocycles. The van der Waals surface area contributed by atoms with E-state index >= 15 is 0 Å². The first kappa shape index (κ1) is 15.7. The first-order valence-electron chi connectivity index (χ1n) is 7.99. The maximum absolute atomic E-state index is 12.4. The Bertz CT molecular complexity index is 303. The Labute approximate surface area is 122 Å². The third-order valence-corrected chi connectivity index (χ3v) is 4.28. The molecule has 0 bridgehead atoms. The molecule has 5 heteroatoms. The Morgan fingerprint density at radius 1 is 1.25 bits per heavy atom. The topological polar surface area (TPSA) is 44.8 Å². The van der Waals surface area contributed by atoms with E-state index in [1.54, 1.807) is 0 Å². The average molecular weight is 283 g/mol. The second-order valence-corrected chi connectivity index (χ2v) is 6.12. The zero-order chi connectivity index (χ0) is 14.4. The molecule has 2 atom stereocenters. The highest BCUT2D eigenvalue weighted by Crippen LogP contribution is 2.11. The average Bonchev–Trinajstić information content (AvgIpc) is 2.73. The number of hydrogen-bond acceptors (Lipinski definition) is 4. The molecule has 2 saturated heterocycles. The van der Waals surface area contributed by atoms with Crippen LogP contribution < -0.4 is 5.32 Å². The van der Waals surface area contributed by atoms with Gasteiger partial charge in [-0.15, -0.1) is 0 Å². The smallest absolute Gasteiger partial charge is 0.239 e. The van der Waals surface area contributed by atoms with Crippen LogP contribution in [0.15, 0.2) is 0 Å². The van der Waals surface area contributed by atoms with Gasteiger partial charge in [0.05, 0.1) is 18.8 Å². The Hall–Kier alpha value is -0.650. The molecule has 1 amide bonds. The van der Waals surface area contributed by atoms with Crippen molar-refractivity contribution < 1.29 is 9.53 Å². The Balaban J connectivity index is 1.72. The van der Waals surface area contributed by atoms with E-state index in [-0.39, 0.29) is 18.1 Å². The standard InChI is InChI=1S/C15H29N3O2/c1-13(15(19)18-7-5-3-4-6-8-18)16-11-14-12-17(2)9-10-20-14/h13-14,16H,3-12H2,1-2H3/t13-,14+/m1/s1. The summed E-state index contributed by atoms with van der Waals surface area (Å²) in [5.74, 6) is 0.246. The predicted molar refractivity (Wildman–Crippen MR) is 79.7 cm³/mol. The van der Waals surface area contributed by atoms with Crippen molar-refractivity contribution in [3.63, 3.8) is 0 Å². The Morgan fingerprint density at radius 2 is 1.95 bits per heavy atom. The minimum absolute atomic E-state index is 0.107. The first-order chi connectivity index (χ1) is 9.66. The number of hydrogen-bond donors (Lipinski definition) is 1. The Morgan fingerprint density at radius 3 is 2.60 bits per heavy atom. The predicted octanol–water partition coefficient (Wildman–Crippen LogP) is 0.698. The van der Waals surface area contributed by atoms with E-state index < -0.39 is 0 Å². The number of rotatable bonds is 4. The summed E-state index contributed by atoms with van der Waals surface area (Å²) in [5, 5.41) is 3.35. The highest BCUT2D eigenvalue weighted by Gasteiger charge is 2.23. The summed E-state index contributed by atoms with van der Waals surface area (Å²) in [6.45, 7) is 7.31. The fraction of sp³-hybridized carbons (Fsp3) is 0.933. The van der Waals surface area contributed by atoms with Crippen LogP contribution in [0.3, 0.4) is 0 Å². The van der Waals surface area contributed by atoms with Crippen LogP contribution in [0.2, 0.25) is 0 Å². The molecule has 2 fully saturated rings. The number of amides is 1. The minimum Gasteiger partial charge on any atom is -0.374 e. The van der Waals surface area contributed by atoms with Gasteiger partial charge in [-0.1, -0.05) is 12.8 Å². The van der Waals surface area contributed by atoms with Gasteiger partial charge >= 0.3 is 0 Å². The summed E-state index contributed by atoms with van der Waals surface area (Å²) in [5.41, 5.74) is 0. The fourth-order valence-electron chi connectivity index (χ4n) is 2.95. The number of nitrogens with zero attached hydrogens (tertiary/aromatic N) is 2. The number of carbonyl (C=O) groups excluding carboxylic acids is 1. The summed E-state index contributed by atoms with van der Waals surface area (Å²) in [6.07, 6.45) is 5.01. The zero-order valence-corrected chi connectivity index (χ0v) is 12.9. The van der Waals surface area contributed by atoms with Gasteiger partial charge in [0.1, 0.15) is 0 Å². The monoisotopic (exact) mass is 283 g/mol. The second-order valence-electron chi connectivity index (χ2n) is 6.12. The van der Waals surface area contributed by atoms with Crippen molar-refractivity contribution in [3.05, 3.63) is 0 Å². The molecule has 2 rings (SSSR count). The van der Waals surface area contributed by atoms with Gasteiger partial charge in [0, 0.05) is 32.7 Å². The summed E-state index contributed by atoms with van der Waals surface area (Å²) >= 11 is 0. The normalized spacial score (nSPS) is 27.1. The first-order valence-corrected chi connectivity index (χ1v) is 7.99. The maximum atomic E-state index is 12.4.